The van der Waals surface area contributed by atoms with Crippen LogP contribution in [0.15, 0.2) is 48.5 Å². The van der Waals surface area contributed by atoms with E-state index in [0.717, 1.165) is 31.2 Å². The van der Waals surface area contributed by atoms with Crippen molar-refractivity contribution in [2.24, 2.45) is 0 Å². The average molecular weight is 346 g/mol. The molecule has 3 N–H and O–H groups in total. The largest absolute Gasteiger partial charge is 0.508 e. The summed E-state index contributed by atoms with van der Waals surface area (Å²) in [6.07, 6.45) is 3.91. The summed E-state index contributed by atoms with van der Waals surface area (Å²) in [6.45, 7) is 0.526. The van der Waals surface area contributed by atoms with Crippen molar-refractivity contribution < 1.29 is 10.2 Å². The highest BCUT2D eigenvalue weighted by molar-refractivity contribution is 6.30. The molecule has 0 aliphatic heterocycles. The molecule has 1 saturated carbocycles. The summed E-state index contributed by atoms with van der Waals surface area (Å²) < 4.78 is 0. The first-order valence-corrected chi connectivity index (χ1v) is 8.95. The van der Waals surface area contributed by atoms with Crippen molar-refractivity contribution in [2.45, 2.75) is 43.7 Å². The predicted molar refractivity (Wildman–Crippen MR) is 97.5 cm³/mol. The summed E-state index contributed by atoms with van der Waals surface area (Å²) in [5, 5.41) is 24.2. The van der Waals surface area contributed by atoms with Gasteiger partial charge in [0.15, 0.2) is 0 Å². The van der Waals surface area contributed by atoms with E-state index >= 15 is 0 Å². The van der Waals surface area contributed by atoms with Crippen molar-refractivity contribution in [1.29, 1.82) is 0 Å². The molecular formula is C20H24ClNO2. The van der Waals surface area contributed by atoms with Gasteiger partial charge in [-0.25, -0.2) is 0 Å². The summed E-state index contributed by atoms with van der Waals surface area (Å²) in [6, 6.07) is 15.3. The molecule has 0 bridgehead atoms. The van der Waals surface area contributed by atoms with Crippen molar-refractivity contribution in [1.82, 2.24) is 5.32 Å². The highest BCUT2D eigenvalue weighted by Crippen LogP contribution is 2.34. The number of halogens is 1. The van der Waals surface area contributed by atoms with Crippen LogP contribution in [0.25, 0.3) is 0 Å². The lowest BCUT2D eigenvalue weighted by molar-refractivity contribution is 0.164. The fourth-order valence-corrected chi connectivity index (χ4v) is 3.77. The molecule has 4 heteroatoms. The summed E-state index contributed by atoms with van der Waals surface area (Å²) in [7, 11) is 0. The Morgan fingerprint density at radius 1 is 1.12 bits per heavy atom. The molecule has 0 heterocycles. The van der Waals surface area contributed by atoms with Gasteiger partial charge in [-0.15, -0.1) is 0 Å². The summed E-state index contributed by atoms with van der Waals surface area (Å²) >= 11 is 5.99. The van der Waals surface area contributed by atoms with Gasteiger partial charge in [0.2, 0.25) is 0 Å². The first-order chi connectivity index (χ1) is 11.6. The maximum absolute atomic E-state index is 10.3. The van der Waals surface area contributed by atoms with Crippen LogP contribution in [-0.2, 0) is 0 Å². The van der Waals surface area contributed by atoms with E-state index in [-0.39, 0.29) is 0 Å². The number of phenolic OH excluding ortho intramolecular Hbond substituents is 1. The SMILES string of the molecule is Oc1cccc([C@@H]2CCC[C@@H](NC[C@H](O)c3cccc(Cl)c3)C2)c1. The molecule has 0 aromatic heterocycles. The van der Waals surface area contributed by atoms with Crippen LogP contribution in [0.2, 0.25) is 5.02 Å². The average Bonchev–Trinajstić information content (AvgIpc) is 2.60. The minimum absolute atomic E-state index is 0.332. The second-order valence-electron chi connectivity index (χ2n) is 6.63. The lowest BCUT2D eigenvalue weighted by Crippen LogP contribution is -2.36. The van der Waals surface area contributed by atoms with Crippen LogP contribution in [0.1, 0.15) is 48.8 Å². The molecule has 128 valence electrons. The van der Waals surface area contributed by atoms with E-state index in [0.29, 0.717) is 29.3 Å². The summed E-state index contributed by atoms with van der Waals surface area (Å²) in [5.41, 5.74) is 2.05. The van der Waals surface area contributed by atoms with Crippen molar-refractivity contribution in [2.75, 3.05) is 6.54 Å². The number of nitrogens with one attached hydrogen (secondary N) is 1. The van der Waals surface area contributed by atoms with Crippen molar-refractivity contribution in [3.05, 3.63) is 64.7 Å². The Balaban J connectivity index is 1.56. The number of aromatic hydroxyl groups is 1. The van der Waals surface area contributed by atoms with Gasteiger partial charge in [-0.1, -0.05) is 42.3 Å². The lowest BCUT2D eigenvalue weighted by Gasteiger charge is -2.31. The molecule has 24 heavy (non-hydrogen) atoms. The topological polar surface area (TPSA) is 52.5 Å². The molecular weight excluding hydrogens is 322 g/mol. The van der Waals surface area contributed by atoms with E-state index in [9.17, 15) is 10.2 Å². The van der Waals surface area contributed by atoms with Gasteiger partial charge in [0.25, 0.3) is 0 Å². The molecule has 3 atom stereocenters. The second-order valence-corrected chi connectivity index (χ2v) is 7.07. The van der Waals surface area contributed by atoms with Gasteiger partial charge in [-0.2, -0.15) is 0 Å². The van der Waals surface area contributed by atoms with E-state index in [1.54, 1.807) is 6.07 Å². The Hall–Kier alpha value is -1.55. The van der Waals surface area contributed by atoms with E-state index in [4.69, 9.17) is 11.6 Å². The van der Waals surface area contributed by atoms with E-state index in [1.165, 1.54) is 5.56 Å². The highest BCUT2D eigenvalue weighted by atomic mass is 35.5. The third-order valence-corrected chi connectivity index (χ3v) is 5.08. The van der Waals surface area contributed by atoms with Gasteiger partial charge < -0.3 is 15.5 Å². The van der Waals surface area contributed by atoms with Gasteiger partial charge in [0.1, 0.15) is 5.75 Å². The van der Waals surface area contributed by atoms with Crippen LogP contribution >= 0.6 is 11.6 Å². The molecule has 0 spiro atoms. The molecule has 1 aliphatic carbocycles. The van der Waals surface area contributed by atoms with Crippen molar-refractivity contribution in [3.8, 4) is 5.75 Å². The Morgan fingerprint density at radius 2 is 1.96 bits per heavy atom. The molecule has 1 aliphatic rings. The maximum Gasteiger partial charge on any atom is 0.115 e. The molecule has 2 aromatic rings. The normalized spacial score (nSPS) is 22.2. The monoisotopic (exact) mass is 345 g/mol. The van der Waals surface area contributed by atoms with Crippen LogP contribution in [0.4, 0.5) is 0 Å². The Labute approximate surface area is 148 Å². The Morgan fingerprint density at radius 3 is 2.75 bits per heavy atom. The summed E-state index contributed by atoms with van der Waals surface area (Å²) in [4.78, 5) is 0. The standard InChI is InChI=1S/C20H24ClNO2/c21-17-7-1-6-16(10-17)20(24)13-22-18-8-2-4-14(11-18)15-5-3-9-19(23)12-15/h1,3,5-7,9-10,12,14,18,20,22-24H,2,4,8,11,13H2/t14-,18-,20+/m1/s1. The summed E-state index contributed by atoms with van der Waals surface area (Å²) in [5.74, 6) is 0.797. The molecule has 0 unspecified atom stereocenters. The number of benzene rings is 2. The minimum Gasteiger partial charge on any atom is -0.508 e. The van der Waals surface area contributed by atoms with Gasteiger partial charge in [0.05, 0.1) is 6.10 Å². The zero-order valence-corrected chi connectivity index (χ0v) is 14.4. The number of aliphatic hydroxyl groups excluding tert-OH is 1. The van der Waals surface area contributed by atoms with Crippen LogP contribution in [0.5, 0.6) is 5.75 Å². The van der Waals surface area contributed by atoms with Crippen molar-refractivity contribution in [3.63, 3.8) is 0 Å². The van der Waals surface area contributed by atoms with E-state index < -0.39 is 6.10 Å². The molecule has 0 saturated heterocycles. The van der Waals surface area contributed by atoms with Crippen LogP contribution in [-0.4, -0.2) is 22.8 Å². The lowest BCUT2D eigenvalue weighted by atomic mass is 9.81. The Kier molecular flexibility index (Phi) is 5.77. The number of hydrogen-bond acceptors (Lipinski definition) is 3. The fourth-order valence-electron chi connectivity index (χ4n) is 3.57. The third-order valence-electron chi connectivity index (χ3n) is 4.85. The number of phenols is 1. The second kappa shape index (κ2) is 8.02. The molecule has 3 nitrogen and oxygen atoms in total. The van der Waals surface area contributed by atoms with Crippen LogP contribution in [0, 0.1) is 0 Å². The smallest absolute Gasteiger partial charge is 0.115 e. The quantitative estimate of drug-likeness (QED) is 0.753. The van der Waals surface area contributed by atoms with Crippen LogP contribution < -0.4 is 5.32 Å². The first kappa shape index (κ1) is 17.3. The number of hydrogen-bond donors (Lipinski definition) is 3. The molecule has 2 aromatic carbocycles. The molecule has 1 fully saturated rings. The maximum atomic E-state index is 10.3. The number of rotatable bonds is 5. The third kappa shape index (κ3) is 4.50. The van der Waals surface area contributed by atoms with Gasteiger partial charge >= 0.3 is 0 Å². The first-order valence-electron chi connectivity index (χ1n) is 8.57. The highest BCUT2D eigenvalue weighted by Gasteiger charge is 2.23. The van der Waals surface area contributed by atoms with E-state index in [2.05, 4.69) is 11.4 Å². The molecule has 3 rings (SSSR count). The zero-order chi connectivity index (χ0) is 16.9. The minimum atomic E-state index is -0.551. The molecule has 0 amide bonds. The Bertz CT molecular complexity index is 676. The van der Waals surface area contributed by atoms with Crippen LogP contribution in [0.3, 0.4) is 0 Å². The number of aliphatic hydroxyl groups is 1. The van der Waals surface area contributed by atoms with Crippen molar-refractivity contribution >= 4 is 11.6 Å². The van der Waals surface area contributed by atoms with Gasteiger partial charge in [0, 0.05) is 17.6 Å². The fraction of sp³-hybridized carbons (Fsp3) is 0.400. The predicted octanol–water partition coefficient (Wildman–Crippen LogP) is 4.40. The van der Waals surface area contributed by atoms with Gasteiger partial charge in [-0.3, -0.25) is 0 Å². The zero-order valence-electron chi connectivity index (χ0n) is 13.7. The van der Waals surface area contributed by atoms with Gasteiger partial charge in [-0.05, 0) is 60.6 Å². The van der Waals surface area contributed by atoms with E-state index in [1.807, 2.05) is 36.4 Å². The molecule has 0 radical (unpaired) electrons.